The van der Waals surface area contributed by atoms with Crippen molar-refractivity contribution in [2.75, 3.05) is 5.75 Å². The summed E-state index contributed by atoms with van der Waals surface area (Å²) in [6.07, 6.45) is 0. The van der Waals surface area contributed by atoms with Crippen molar-refractivity contribution in [1.82, 2.24) is 19.5 Å². The quantitative estimate of drug-likeness (QED) is 0.175. The number of hydrogen-bond acceptors (Lipinski definition) is 5. The first kappa shape index (κ1) is 21.1. The number of fused-ring (bicyclic) bond motifs is 2. The van der Waals surface area contributed by atoms with Crippen molar-refractivity contribution in [3.05, 3.63) is 95.0 Å². The van der Waals surface area contributed by atoms with E-state index < -0.39 is 0 Å². The number of aromatic amines is 1. The molecule has 5 rings (SSSR count). The standard InChI is InChI=1S/C25H18ClN5OS/c26-17-10-11-22-21(12-17)30-25(31(22)14-16-6-2-1-3-7-16)33-15-23(32)18(13-27)24-28-19-8-4-5-9-20(19)29-24/h1-12,32H,14-15H2,(H,28,29)/b23-18-. The van der Waals surface area contributed by atoms with Crippen molar-refractivity contribution in [3.63, 3.8) is 0 Å². The molecule has 8 heteroatoms. The summed E-state index contributed by atoms with van der Waals surface area (Å²) in [7, 11) is 0. The number of H-pyrrole nitrogens is 1. The highest BCUT2D eigenvalue weighted by Crippen LogP contribution is 2.29. The zero-order chi connectivity index (χ0) is 22.8. The van der Waals surface area contributed by atoms with Crippen LogP contribution in [0.5, 0.6) is 0 Å². The first-order valence-electron chi connectivity index (χ1n) is 10.2. The van der Waals surface area contributed by atoms with Gasteiger partial charge in [-0.05, 0) is 35.9 Å². The molecule has 0 radical (unpaired) electrons. The Bertz CT molecular complexity index is 1500. The maximum Gasteiger partial charge on any atom is 0.169 e. The molecule has 2 heterocycles. The zero-order valence-corrected chi connectivity index (χ0v) is 18.9. The van der Waals surface area contributed by atoms with E-state index in [0.29, 0.717) is 17.4 Å². The van der Waals surface area contributed by atoms with E-state index in [0.717, 1.165) is 32.8 Å². The second-order valence-electron chi connectivity index (χ2n) is 7.42. The highest BCUT2D eigenvalue weighted by atomic mass is 35.5. The molecule has 2 N–H and O–H groups in total. The molecule has 5 aromatic rings. The number of imidazole rings is 2. The van der Waals surface area contributed by atoms with Crippen molar-refractivity contribution in [3.8, 4) is 6.07 Å². The summed E-state index contributed by atoms with van der Waals surface area (Å²) in [5, 5.41) is 21.8. The molecule has 0 aliphatic heterocycles. The number of hydrogen-bond donors (Lipinski definition) is 2. The third-order valence-electron chi connectivity index (χ3n) is 5.22. The molecule has 0 bridgehead atoms. The Labute approximate surface area is 199 Å². The molecule has 0 spiro atoms. The monoisotopic (exact) mass is 471 g/mol. The minimum atomic E-state index is -0.0575. The SMILES string of the molecule is N#C/C(=C(/O)CSc1nc2cc(Cl)ccc2n1Cc1ccccc1)c1nc2ccccc2[nH]1. The summed E-state index contributed by atoms with van der Waals surface area (Å²) in [6, 6.07) is 25.3. The molecule has 33 heavy (non-hydrogen) atoms. The number of nitrogens with zero attached hydrogens (tertiary/aromatic N) is 4. The second-order valence-corrected chi connectivity index (χ2v) is 8.80. The number of aliphatic hydroxyl groups is 1. The Morgan fingerprint density at radius 1 is 1.03 bits per heavy atom. The predicted molar refractivity (Wildman–Crippen MR) is 132 cm³/mol. The van der Waals surface area contributed by atoms with Crippen LogP contribution in [0.3, 0.4) is 0 Å². The summed E-state index contributed by atoms with van der Waals surface area (Å²) in [6.45, 7) is 0.625. The molecular formula is C25H18ClN5OS. The maximum atomic E-state index is 10.8. The van der Waals surface area contributed by atoms with Crippen molar-refractivity contribution in [2.24, 2.45) is 0 Å². The van der Waals surface area contributed by atoms with Crippen molar-refractivity contribution < 1.29 is 5.11 Å². The first-order chi connectivity index (χ1) is 16.1. The molecule has 0 atom stereocenters. The van der Waals surface area contributed by atoms with Gasteiger partial charge in [-0.2, -0.15) is 5.26 Å². The molecule has 0 saturated carbocycles. The number of rotatable bonds is 6. The van der Waals surface area contributed by atoms with Crippen molar-refractivity contribution in [2.45, 2.75) is 11.7 Å². The Morgan fingerprint density at radius 2 is 1.82 bits per heavy atom. The fraction of sp³-hybridized carbons (Fsp3) is 0.0800. The van der Waals surface area contributed by atoms with Crippen LogP contribution >= 0.6 is 23.4 Å². The minimum absolute atomic E-state index is 0.0575. The van der Waals surface area contributed by atoms with Crippen LogP contribution in [-0.4, -0.2) is 30.4 Å². The normalized spacial score (nSPS) is 12.1. The lowest BCUT2D eigenvalue weighted by atomic mass is 10.2. The van der Waals surface area contributed by atoms with Gasteiger partial charge >= 0.3 is 0 Å². The number of aliphatic hydroxyl groups excluding tert-OH is 1. The fourth-order valence-electron chi connectivity index (χ4n) is 3.64. The van der Waals surface area contributed by atoms with Gasteiger partial charge in [0.1, 0.15) is 17.4 Å². The third-order valence-corrected chi connectivity index (χ3v) is 6.45. The van der Waals surface area contributed by atoms with Crippen molar-refractivity contribution >= 4 is 51.0 Å². The van der Waals surface area contributed by atoms with Crippen LogP contribution in [0.4, 0.5) is 0 Å². The van der Waals surface area contributed by atoms with E-state index in [2.05, 4.69) is 32.7 Å². The predicted octanol–water partition coefficient (Wildman–Crippen LogP) is 6.20. The van der Waals surface area contributed by atoms with Gasteiger partial charge in [-0.15, -0.1) is 0 Å². The largest absolute Gasteiger partial charge is 0.510 e. The molecule has 162 valence electrons. The van der Waals surface area contributed by atoms with Crippen LogP contribution in [-0.2, 0) is 6.54 Å². The average molecular weight is 472 g/mol. The number of nitrogens with one attached hydrogen (secondary N) is 1. The number of nitriles is 1. The maximum absolute atomic E-state index is 10.8. The number of aromatic nitrogens is 4. The van der Waals surface area contributed by atoms with Gasteiger partial charge in [-0.1, -0.05) is 65.8 Å². The Hall–Kier alpha value is -3.73. The van der Waals surface area contributed by atoms with Gasteiger partial charge in [0.05, 0.1) is 34.4 Å². The molecule has 0 aliphatic carbocycles. The van der Waals surface area contributed by atoms with Gasteiger partial charge in [0.2, 0.25) is 0 Å². The van der Waals surface area contributed by atoms with Gasteiger partial charge < -0.3 is 14.7 Å². The summed E-state index contributed by atoms with van der Waals surface area (Å²) < 4.78 is 2.09. The summed E-state index contributed by atoms with van der Waals surface area (Å²) >= 11 is 7.54. The lowest BCUT2D eigenvalue weighted by Crippen LogP contribution is -2.03. The van der Waals surface area contributed by atoms with E-state index in [1.807, 2.05) is 60.7 Å². The highest BCUT2D eigenvalue weighted by Gasteiger charge is 2.17. The van der Waals surface area contributed by atoms with Crippen molar-refractivity contribution in [1.29, 1.82) is 5.26 Å². The van der Waals surface area contributed by atoms with Crippen LogP contribution in [0.2, 0.25) is 5.02 Å². The van der Waals surface area contributed by atoms with Gasteiger partial charge in [0.25, 0.3) is 0 Å². The zero-order valence-electron chi connectivity index (χ0n) is 17.4. The second kappa shape index (κ2) is 9.02. The molecule has 0 saturated heterocycles. The smallest absolute Gasteiger partial charge is 0.169 e. The molecule has 0 aliphatic rings. The van der Waals surface area contributed by atoms with Gasteiger partial charge in [0.15, 0.2) is 11.0 Å². The molecule has 6 nitrogen and oxygen atoms in total. The molecule has 2 aromatic heterocycles. The van der Waals surface area contributed by atoms with Gasteiger partial charge in [0, 0.05) is 5.02 Å². The number of benzene rings is 3. The number of halogens is 1. The lowest BCUT2D eigenvalue weighted by Gasteiger charge is -2.09. The van der Waals surface area contributed by atoms with Crippen LogP contribution in [0.1, 0.15) is 11.4 Å². The first-order valence-corrected chi connectivity index (χ1v) is 11.6. The Kier molecular flexibility index (Phi) is 5.78. The molecule has 3 aromatic carbocycles. The molecular weight excluding hydrogens is 454 g/mol. The van der Waals surface area contributed by atoms with Crippen LogP contribution in [0, 0.1) is 11.3 Å². The van der Waals surface area contributed by atoms with E-state index in [-0.39, 0.29) is 17.1 Å². The fourth-order valence-corrected chi connectivity index (χ4v) is 4.70. The average Bonchev–Trinajstić information content (AvgIpc) is 3.40. The molecule has 0 fully saturated rings. The number of thioether (sulfide) groups is 1. The van der Waals surface area contributed by atoms with Crippen LogP contribution in [0.15, 0.2) is 83.7 Å². The van der Waals surface area contributed by atoms with E-state index >= 15 is 0 Å². The molecule has 0 unspecified atom stereocenters. The third kappa shape index (κ3) is 4.31. The summed E-state index contributed by atoms with van der Waals surface area (Å²) in [5.41, 5.74) is 4.53. The summed E-state index contributed by atoms with van der Waals surface area (Å²) in [5.74, 6) is 0.463. The molecule has 0 amide bonds. The number of para-hydroxylation sites is 2. The van der Waals surface area contributed by atoms with Crippen LogP contribution in [0.25, 0.3) is 27.6 Å². The number of allylic oxidation sites excluding steroid dienone is 1. The Morgan fingerprint density at radius 3 is 2.61 bits per heavy atom. The summed E-state index contributed by atoms with van der Waals surface area (Å²) in [4.78, 5) is 12.3. The van der Waals surface area contributed by atoms with Gasteiger partial charge in [-0.25, -0.2) is 9.97 Å². The van der Waals surface area contributed by atoms with E-state index in [1.54, 1.807) is 0 Å². The Balaban J connectivity index is 1.48. The van der Waals surface area contributed by atoms with Crippen LogP contribution < -0.4 is 0 Å². The van der Waals surface area contributed by atoms with E-state index in [1.165, 1.54) is 11.8 Å². The van der Waals surface area contributed by atoms with E-state index in [4.69, 9.17) is 16.6 Å². The highest BCUT2D eigenvalue weighted by molar-refractivity contribution is 7.99. The van der Waals surface area contributed by atoms with Gasteiger partial charge in [-0.3, -0.25) is 0 Å². The van der Waals surface area contributed by atoms with E-state index in [9.17, 15) is 10.4 Å². The minimum Gasteiger partial charge on any atom is -0.510 e. The topological polar surface area (TPSA) is 90.5 Å². The lowest BCUT2D eigenvalue weighted by molar-refractivity contribution is 0.420.